The molecule has 126 valence electrons. The molecule has 1 heterocycles. The molecule has 0 amide bonds. The van der Waals surface area contributed by atoms with Crippen molar-refractivity contribution in [3.63, 3.8) is 0 Å². The number of benzene rings is 1. The van der Waals surface area contributed by atoms with Crippen LogP contribution in [0.5, 0.6) is 5.75 Å². The van der Waals surface area contributed by atoms with Gasteiger partial charge in [-0.25, -0.2) is 4.39 Å². The van der Waals surface area contributed by atoms with Gasteiger partial charge in [0.15, 0.2) is 17.2 Å². The van der Waals surface area contributed by atoms with Gasteiger partial charge in [-0.05, 0) is 12.1 Å². The number of hydrogen-bond acceptors (Lipinski definition) is 4. The molecule has 1 aromatic rings. The van der Waals surface area contributed by atoms with E-state index in [2.05, 4.69) is 9.47 Å². The smallest absolute Gasteiger partial charge is 0.419 e. The number of nitriles is 1. The second kappa shape index (κ2) is 5.85. The van der Waals surface area contributed by atoms with Crippen molar-refractivity contribution in [3.05, 3.63) is 23.8 Å². The van der Waals surface area contributed by atoms with E-state index in [1.165, 1.54) is 0 Å². The summed E-state index contributed by atoms with van der Waals surface area (Å²) in [5, 5.41) is 9.20. The summed E-state index contributed by atoms with van der Waals surface area (Å²) in [6.07, 6.45) is -5.65. The van der Waals surface area contributed by atoms with Crippen LogP contribution in [0.4, 0.5) is 27.6 Å². The predicted molar refractivity (Wildman–Crippen MR) is 70.1 cm³/mol. The van der Waals surface area contributed by atoms with Crippen molar-refractivity contribution in [2.45, 2.75) is 24.2 Å². The molecular formula is C14H13F5N2O2. The van der Waals surface area contributed by atoms with Crippen molar-refractivity contribution in [3.8, 4) is 11.8 Å². The van der Waals surface area contributed by atoms with Crippen LogP contribution in [0.1, 0.15) is 10.5 Å². The molecule has 0 aliphatic carbocycles. The van der Waals surface area contributed by atoms with Gasteiger partial charge in [0.2, 0.25) is 5.82 Å². The van der Waals surface area contributed by atoms with Gasteiger partial charge in [0, 0.05) is 13.5 Å². The number of nitrogens with zero attached hydrogens (tertiary/aromatic N) is 2. The van der Waals surface area contributed by atoms with E-state index in [-0.39, 0.29) is 0 Å². The van der Waals surface area contributed by atoms with E-state index < -0.39 is 60.9 Å². The quantitative estimate of drug-likeness (QED) is 0.794. The highest BCUT2D eigenvalue weighted by molar-refractivity contribution is 5.62. The molecule has 2 rings (SSSR count). The van der Waals surface area contributed by atoms with Gasteiger partial charge in [0.1, 0.15) is 6.04 Å². The molecule has 1 fully saturated rings. The van der Waals surface area contributed by atoms with E-state index in [4.69, 9.17) is 4.11 Å². The maximum atomic E-state index is 14.1. The number of halogens is 5. The molecule has 4 nitrogen and oxygen atoms in total. The molecule has 0 bridgehead atoms. The molecule has 23 heavy (non-hydrogen) atoms. The van der Waals surface area contributed by atoms with Crippen LogP contribution < -0.4 is 9.64 Å². The Hall–Kier alpha value is -2.08. The predicted octanol–water partition coefficient (Wildman–Crippen LogP) is 3.02. The van der Waals surface area contributed by atoms with Crippen molar-refractivity contribution < 1.29 is 35.5 Å². The summed E-state index contributed by atoms with van der Waals surface area (Å²) in [5.74, 6) is -4.23. The van der Waals surface area contributed by atoms with E-state index in [0.717, 1.165) is 18.1 Å². The van der Waals surface area contributed by atoms with Crippen molar-refractivity contribution >= 4 is 5.69 Å². The van der Waals surface area contributed by atoms with Crippen LogP contribution in [0.2, 0.25) is 0 Å². The minimum Gasteiger partial charge on any atom is -0.491 e. The maximum Gasteiger partial charge on any atom is 0.419 e. The highest BCUT2D eigenvalue weighted by Crippen LogP contribution is 2.46. The van der Waals surface area contributed by atoms with Gasteiger partial charge >= 0.3 is 6.18 Å². The number of ether oxygens (including phenoxy) is 2. The summed E-state index contributed by atoms with van der Waals surface area (Å²) < 4.78 is 98.0. The first-order valence-corrected chi connectivity index (χ1v) is 6.30. The topological polar surface area (TPSA) is 45.5 Å². The van der Waals surface area contributed by atoms with Crippen LogP contribution in [0.15, 0.2) is 12.1 Å². The Morgan fingerprint density at radius 3 is 2.65 bits per heavy atom. The number of anilines is 1. The highest BCUT2D eigenvalue weighted by Gasteiger charge is 2.62. The van der Waals surface area contributed by atoms with Crippen molar-refractivity contribution in [2.75, 3.05) is 25.6 Å². The largest absolute Gasteiger partial charge is 0.491 e. The molecule has 1 aliphatic rings. The number of hydrogen-bond donors (Lipinski definition) is 0. The molecule has 2 unspecified atom stereocenters. The minimum absolute atomic E-state index is 0.491. The maximum absolute atomic E-state index is 14.1. The zero-order valence-corrected chi connectivity index (χ0v) is 11.7. The monoisotopic (exact) mass is 339 g/mol. The van der Waals surface area contributed by atoms with Crippen LogP contribution in [-0.2, 0) is 4.74 Å². The summed E-state index contributed by atoms with van der Waals surface area (Å²) >= 11 is 0. The second-order valence-electron chi connectivity index (χ2n) is 4.98. The average molecular weight is 339 g/mol. The van der Waals surface area contributed by atoms with Crippen LogP contribution in [0.25, 0.3) is 0 Å². The first-order chi connectivity index (χ1) is 11.8. The van der Waals surface area contributed by atoms with E-state index >= 15 is 0 Å². The molecule has 1 aliphatic heterocycles. The third-order valence-corrected chi connectivity index (χ3v) is 3.82. The normalized spacial score (nSPS) is 27.1. The standard InChI is InChI=1S/C14H13F5N2O2/c1-22-12-10(4-3-9(15)11(12)16)21-7-13(23-2,14(17,18)19)5-8(21)6-20/h3-4,8H,5,7H2,1-2H3/i1D3. The average Bonchev–Trinajstić information content (AvgIpc) is 2.91. The van der Waals surface area contributed by atoms with Crippen molar-refractivity contribution in [1.29, 1.82) is 5.26 Å². The van der Waals surface area contributed by atoms with Crippen molar-refractivity contribution in [1.82, 2.24) is 0 Å². The summed E-state index contributed by atoms with van der Waals surface area (Å²) in [6.45, 7) is -0.923. The lowest BCUT2D eigenvalue weighted by Gasteiger charge is -2.30. The summed E-state index contributed by atoms with van der Waals surface area (Å²) in [5.41, 5.74) is -3.22. The Morgan fingerprint density at radius 1 is 1.43 bits per heavy atom. The van der Waals surface area contributed by atoms with Gasteiger partial charge < -0.3 is 14.4 Å². The lowest BCUT2D eigenvalue weighted by Crippen LogP contribution is -2.49. The Bertz CT molecular complexity index is 735. The van der Waals surface area contributed by atoms with Gasteiger partial charge in [0.25, 0.3) is 0 Å². The molecule has 1 saturated heterocycles. The van der Waals surface area contributed by atoms with Gasteiger partial charge in [-0.3, -0.25) is 0 Å². The van der Waals surface area contributed by atoms with Crippen LogP contribution in [0, 0.1) is 23.0 Å². The summed E-state index contributed by atoms with van der Waals surface area (Å²) in [6, 6.07) is 1.66. The molecule has 2 atom stereocenters. The molecule has 0 N–H and O–H groups in total. The van der Waals surface area contributed by atoms with Gasteiger partial charge in [-0.1, -0.05) is 0 Å². The van der Waals surface area contributed by atoms with E-state index in [0.29, 0.717) is 6.07 Å². The fraction of sp³-hybridized carbons (Fsp3) is 0.500. The fourth-order valence-electron chi connectivity index (χ4n) is 2.55. The van der Waals surface area contributed by atoms with E-state index in [1.54, 1.807) is 6.07 Å². The number of alkyl halides is 3. The van der Waals surface area contributed by atoms with Gasteiger partial charge in [-0.2, -0.15) is 22.8 Å². The van der Waals surface area contributed by atoms with Gasteiger partial charge in [0.05, 0.1) is 29.5 Å². The first kappa shape index (κ1) is 13.4. The Labute approximate surface area is 133 Å². The third-order valence-electron chi connectivity index (χ3n) is 3.82. The zero-order valence-electron chi connectivity index (χ0n) is 14.7. The van der Waals surface area contributed by atoms with Gasteiger partial charge in [-0.15, -0.1) is 0 Å². The summed E-state index contributed by atoms with van der Waals surface area (Å²) in [4.78, 5) is 0.792. The summed E-state index contributed by atoms with van der Waals surface area (Å²) in [7, 11) is -2.37. The molecule has 0 saturated carbocycles. The molecule has 9 heteroatoms. The number of methoxy groups -OCH3 is 2. The fourth-order valence-corrected chi connectivity index (χ4v) is 2.55. The SMILES string of the molecule is [2H]C([2H])([2H])Oc1c(N2CC(OC)(C(F)(F)F)CC2C#N)ccc(F)c1F. The second-order valence-corrected chi connectivity index (χ2v) is 4.98. The molecule has 0 spiro atoms. The Morgan fingerprint density at radius 2 is 2.13 bits per heavy atom. The van der Waals surface area contributed by atoms with Crippen LogP contribution in [0.3, 0.4) is 0 Å². The third kappa shape index (κ3) is 2.67. The zero-order chi connectivity index (χ0) is 19.9. The van der Waals surface area contributed by atoms with E-state index in [1.807, 2.05) is 0 Å². The van der Waals surface area contributed by atoms with E-state index in [9.17, 15) is 27.2 Å². The first-order valence-electron chi connectivity index (χ1n) is 7.80. The lowest BCUT2D eigenvalue weighted by atomic mass is 10.00. The van der Waals surface area contributed by atoms with Crippen LogP contribution >= 0.6 is 0 Å². The Kier molecular flexibility index (Phi) is 3.40. The number of rotatable bonds is 3. The lowest BCUT2D eigenvalue weighted by molar-refractivity contribution is -0.261. The highest BCUT2D eigenvalue weighted by atomic mass is 19.4. The van der Waals surface area contributed by atoms with Crippen molar-refractivity contribution in [2.24, 2.45) is 0 Å². The molecule has 0 radical (unpaired) electrons. The Balaban J connectivity index is 2.57. The minimum atomic E-state index is -4.85. The van der Waals surface area contributed by atoms with Crippen LogP contribution in [-0.4, -0.2) is 38.5 Å². The molecule has 0 aromatic heterocycles. The molecule has 1 aromatic carbocycles. The molecular weight excluding hydrogens is 323 g/mol.